The number of benzene rings is 2. The van der Waals surface area contributed by atoms with Gasteiger partial charge in [0.1, 0.15) is 17.9 Å². The highest BCUT2D eigenvalue weighted by molar-refractivity contribution is 9.10. The molecule has 0 amide bonds. The average molecular weight is 386 g/mol. The molecule has 0 bridgehead atoms. The van der Waals surface area contributed by atoms with Crippen LogP contribution < -0.4 is 0 Å². The maximum Gasteiger partial charge on any atom is 0.342 e. The van der Waals surface area contributed by atoms with Crippen LogP contribution in [-0.2, 0) is 11.3 Å². The molecule has 0 saturated carbocycles. The molecule has 5 heteroatoms. The maximum atomic E-state index is 11.9. The Balaban J connectivity index is 2.10. The summed E-state index contributed by atoms with van der Waals surface area (Å²) in [7, 11) is 0. The van der Waals surface area contributed by atoms with Gasteiger partial charge in [0.2, 0.25) is 0 Å². The number of halogens is 2. The SMILES string of the molecule is O=C(OCc1ccccc1Br)c1cc(Br)ccc1O. The molecule has 98 valence electrons. The number of ether oxygens (including phenoxy) is 1. The summed E-state index contributed by atoms with van der Waals surface area (Å²) >= 11 is 6.63. The minimum Gasteiger partial charge on any atom is -0.507 e. The summed E-state index contributed by atoms with van der Waals surface area (Å²) in [6.07, 6.45) is 0. The van der Waals surface area contributed by atoms with Crippen LogP contribution in [0.1, 0.15) is 15.9 Å². The van der Waals surface area contributed by atoms with Gasteiger partial charge in [-0.25, -0.2) is 4.79 Å². The maximum absolute atomic E-state index is 11.9. The van der Waals surface area contributed by atoms with Gasteiger partial charge in [0, 0.05) is 14.5 Å². The number of phenolic OH excluding ortho intramolecular Hbond substituents is 1. The number of carbonyl (C=O) groups excluding carboxylic acids is 1. The van der Waals surface area contributed by atoms with Crippen molar-refractivity contribution in [2.45, 2.75) is 6.61 Å². The molecular formula is C14H10Br2O3. The van der Waals surface area contributed by atoms with E-state index in [0.29, 0.717) is 4.47 Å². The minimum atomic E-state index is -0.561. The van der Waals surface area contributed by atoms with E-state index in [1.807, 2.05) is 24.3 Å². The molecule has 2 aromatic carbocycles. The first-order valence-corrected chi connectivity index (χ1v) is 7.05. The van der Waals surface area contributed by atoms with Crippen molar-refractivity contribution in [2.75, 3.05) is 0 Å². The Hall–Kier alpha value is -1.33. The lowest BCUT2D eigenvalue weighted by Gasteiger charge is -2.08. The topological polar surface area (TPSA) is 46.5 Å². The van der Waals surface area contributed by atoms with E-state index < -0.39 is 5.97 Å². The van der Waals surface area contributed by atoms with Crippen LogP contribution in [0.2, 0.25) is 0 Å². The number of hydrogen-bond donors (Lipinski definition) is 1. The molecule has 0 radical (unpaired) electrons. The third-order valence-corrected chi connectivity index (χ3v) is 3.76. The van der Waals surface area contributed by atoms with Crippen molar-refractivity contribution in [2.24, 2.45) is 0 Å². The molecule has 0 fully saturated rings. The van der Waals surface area contributed by atoms with E-state index in [1.165, 1.54) is 12.1 Å². The van der Waals surface area contributed by atoms with Crippen molar-refractivity contribution in [1.82, 2.24) is 0 Å². The van der Waals surface area contributed by atoms with Crippen LogP contribution in [0, 0.1) is 0 Å². The lowest BCUT2D eigenvalue weighted by atomic mass is 10.2. The lowest BCUT2D eigenvalue weighted by Crippen LogP contribution is -2.06. The number of carbonyl (C=O) groups is 1. The van der Waals surface area contributed by atoms with E-state index in [-0.39, 0.29) is 17.9 Å². The zero-order valence-electron chi connectivity index (χ0n) is 9.77. The van der Waals surface area contributed by atoms with Crippen molar-refractivity contribution in [1.29, 1.82) is 0 Å². The Morgan fingerprint density at radius 1 is 1.16 bits per heavy atom. The third kappa shape index (κ3) is 3.58. The molecule has 0 atom stereocenters. The van der Waals surface area contributed by atoms with E-state index in [0.717, 1.165) is 10.0 Å². The van der Waals surface area contributed by atoms with Gasteiger partial charge in [-0.05, 0) is 24.3 Å². The zero-order valence-corrected chi connectivity index (χ0v) is 12.9. The molecule has 0 aliphatic heterocycles. The first kappa shape index (κ1) is 14.1. The first-order chi connectivity index (χ1) is 9.08. The monoisotopic (exact) mass is 384 g/mol. The number of phenols is 1. The molecule has 19 heavy (non-hydrogen) atoms. The largest absolute Gasteiger partial charge is 0.507 e. The fourth-order valence-corrected chi connectivity index (χ4v) is 2.27. The van der Waals surface area contributed by atoms with E-state index in [2.05, 4.69) is 31.9 Å². The van der Waals surface area contributed by atoms with Gasteiger partial charge in [0.05, 0.1) is 0 Å². The minimum absolute atomic E-state index is 0.0969. The van der Waals surface area contributed by atoms with Crippen molar-refractivity contribution in [3.05, 3.63) is 62.5 Å². The highest BCUT2D eigenvalue weighted by Gasteiger charge is 2.13. The average Bonchev–Trinajstić information content (AvgIpc) is 2.40. The molecule has 1 N–H and O–H groups in total. The van der Waals surface area contributed by atoms with Gasteiger partial charge in [-0.1, -0.05) is 50.1 Å². The van der Waals surface area contributed by atoms with Crippen LogP contribution in [0.25, 0.3) is 0 Å². The van der Waals surface area contributed by atoms with Crippen LogP contribution >= 0.6 is 31.9 Å². The van der Waals surface area contributed by atoms with E-state index in [1.54, 1.807) is 6.07 Å². The van der Waals surface area contributed by atoms with Crippen LogP contribution in [-0.4, -0.2) is 11.1 Å². The molecule has 0 unspecified atom stereocenters. The van der Waals surface area contributed by atoms with Crippen LogP contribution in [0.15, 0.2) is 51.4 Å². The summed E-state index contributed by atoms with van der Waals surface area (Å²) in [4.78, 5) is 11.9. The second-order valence-corrected chi connectivity index (χ2v) is 5.60. The molecular weight excluding hydrogens is 376 g/mol. The van der Waals surface area contributed by atoms with Gasteiger partial charge in [0.25, 0.3) is 0 Å². The normalized spacial score (nSPS) is 10.2. The number of hydrogen-bond acceptors (Lipinski definition) is 3. The highest BCUT2D eigenvalue weighted by Crippen LogP contribution is 2.23. The Morgan fingerprint density at radius 2 is 1.89 bits per heavy atom. The van der Waals surface area contributed by atoms with Gasteiger partial charge in [-0.15, -0.1) is 0 Å². The Kier molecular flexibility index (Phi) is 4.61. The Labute approximate surface area is 127 Å². The van der Waals surface area contributed by atoms with Crippen molar-refractivity contribution >= 4 is 37.8 Å². The summed E-state index contributed by atoms with van der Waals surface area (Å²) in [5.74, 6) is -0.658. The molecule has 0 aromatic heterocycles. The molecule has 0 aliphatic carbocycles. The third-order valence-electron chi connectivity index (χ3n) is 2.50. The fraction of sp³-hybridized carbons (Fsp3) is 0.0714. The summed E-state index contributed by atoms with van der Waals surface area (Å²) < 4.78 is 6.76. The summed E-state index contributed by atoms with van der Waals surface area (Å²) in [6, 6.07) is 12.1. The lowest BCUT2D eigenvalue weighted by molar-refractivity contribution is 0.0468. The van der Waals surface area contributed by atoms with E-state index in [9.17, 15) is 9.90 Å². The van der Waals surface area contributed by atoms with Crippen molar-refractivity contribution in [3.63, 3.8) is 0 Å². The number of esters is 1. The van der Waals surface area contributed by atoms with Crippen molar-refractivity contribution in [3.8, 4) is 5.75 Å². The predicted octanol–water partition coefficient (Wildman–Crippen LogP) is 4.27. The second kappa shape index (κ2) is 6.21. The first-order valence-electron chi connectivity index (χ1n) is 5.47. The second-order valence-electron chi connectivity index (χ2n) is 3.83. The quantitative estimate of drug-likeness (QED) is 0.802. The highest BCUT2D eigenvalue weighted by atomic mass is 79.9. The van der Waals surface area contributed by atoms with Crippen LogP contribution in [0.4, 0.5) is 0 Å². The van der Waals surface area contributed by atoms with Gasteiger partial charge < -0.3 is 9.84 Å². The van der Waals surface area contributed by atoms with Gasteiger partial charge >= 0.3 is 5.97 Å². The van der Waals surface area contributed by atoms with E-state index in [4.69, 9.17) is 4.74 Å². The van der Waals surface area contributed by atoms with Crippen molar-refractivity contribution < 1.29 is 14.6 Å². The van der Waals surface area contributed by atoms with E-state index >= 15 is 0 Å². The van der Waals surface area contributed by atoms with Gasteiger partial charge in [-0.2, -0.15) is 0 Å². The standard InChI is InChI=1S/C14H10Br2O3/c15-10-5-6-13(17)11(7-10)14(18)19-8-9-3-1-2-4-12(9)16/h1-7,17H,8H2. The summed E-state index contributed by atoms with van der Waals surface area (Å²) in [5, 5.41) is 9.63. The smallest absolute Gasteiger partial charge is 0.342 e. The number of rotatable bonds is 3. The molecule has 2 aromatic rings. The van der Waals surface area contributed by atoms with Crippen LogP contribution in [0.5, 0.6) is 5.75 Å². The molecule has 0 aliphatic rings. The Morgan fingerprint density at radius 3 is 2.63 bits per heavy atom. The van der Waals surface area contributed by atoms with Gasteiger partial charge in [-0.3, -0.25) is 0 Å². The molecule has 0 saturated heterocycles. The molecule has 0 spiro atoms. The number of aromatic hydroxyl groups is 1. The van der Waals surface area contributed by atoms with Gasteiger partial charge in [0.15, 0.2) is 0 Å². The molecule has 2 rings (SSSR count). The fourth-order valence-electron chi connectivity index (χ4n) is 1.51. The molecule has 3 nitrogen and oxygen atoms in total. The molecule has 0 heterocycles. The Bertz CT molecular complexity index is 611. The summed E-state index contributed by atoms with van der Waals surface area (Å²) in [6.45, 7) is 0.145. The zero-order chi connectivity index (χ0) is 13.8. The van der Waals surface area contributed by atoms with Crippen LogP contribution in [0.3, 0.4) is 0 Å². The predicted molar refractivity (Wildman–Crippen MR) is 79.1 cm³/mol. The summed E-state index contributed by atoms with van der Waals surface area (Å²) in [5.41, 5.74) is 1.01.